The summed E-state index contributed by atoms with van der Waals surface area (Å²) in [5.41, 5.74) is 0.285. The first-order valence-electron chi connectivity index (χ1n) is 6.98. The van der Waals surface area contributed by atoms with Crippen molar-refractivity contribution in [2.45, 2.75) is 18.9 Å². The first-order chi connectivity index (χ1) is 10.1. The van der Waals surface area contributed by atoms with Crippen molar-refractivity contribution >= 4 is 5.91 Å². The summed E-state index contributed by atoms with van der Waals surface area (Å²) in [7, 11) is 0. The lowest BCUT2D eigenvalue weighted by molar-refractivity contribution is -0.122. The first kappa shape index (κ1) is 15.7. The van der Waals surface area contributed by atoms with Crippen LogP contribution in [0.5, 0.6) is 0 Å². The van der Waals surface area contributed by atoms with E-state index in [9.17, 15) is 14.3 Å². The Kier molecular flexibility index (Phi) is 5.09. The van der Waals surface area contributed by atoms with E-state index < -0.39 is 23.2 Å². The van der Waals surface area contributed by atoms with Crippen molar-refractivity contribution in [1.29, 1.82) is 0 Å². The molecule has 21 heavy (non-hydrogen) atoms. The molecular weight excluding hydrogens is 273 g/mol. The Bertz CT molecular complexity index is 498. The number of ether oxygens (including phenoxy) is 1. The maximum Gasteiger partial charge on any atom is 0.279 e. The van der Waals surface area contributed by atoms with Crippen LogP contribution >= 0.6 is 0 Å². The molecule has 5 heteroatoms. The number of aliphatic hydroxyl groups is 1. The molecule has 1 amide bonds. The Hall–Kier alpha value is -1.72. The average molecular weight is 293 g/mol. The van der Waals surface area contributed by atoms with E-state index in [2.05, 4.69) is 11.9 Å². The second-order valence-corrected chi connectivity index (χ2v) is 5.35. The topological polar surface area (TPSA) is 58.6 Å². The van der Waals surface area contributed by atoms with Gasteiger partial charge in [0.05, 0.1) is 12.6 Å². The van der Waals surface area contributed by atoms with Gasteiger partial charge in [0.25, 0.3) is 5.91 Å². The summed E-state index contributed by atoms with van der Waals surface area (Å²) in [6, 6.07) is 8.81. The van der Waals surface area contributed by atoms with Crippen LogP contribution in [0.4, 0.5) is 4.39 Å². The number of hydrogen-bond donors (Lipinski definition) is 2. The number of aliphatic hydroxyl groups excluding tert-OH is 1. The number of carbonyl (C=O) groups excluding carboxylic acids is 1. The number of amides is 1. The van der Waals surface area contributed by atoms with E-state index in [1.807, 2.05) is 30.3 Å². The Balaban J connectivity index is 2.34. The molecule has 114 valence electrons. The molecule has 1 fully saturated rings. The maximum absolute atomic E-state index is 13.1. The van der Waals surface area contributed by atoms with Crippen molar-refractivity contribution in [3.63, 3.8) is 0 Å². The highest BCUT2D eigenvalue weighted by atomic mass is 19.1. The highest BCUT2D eigenvalue weighted by Crippen LogP contribution is 2.42. The van der Waals surface area contributed by atoms with Gasteiger partial charge in [-0.1, -0.05) is 36.9 Å². The zero-order valence-corrected chi connectivity index (χ0v) is 11.8. The average Bonchev–Trinajstić information content (AvgIpc) is 2.53. The standard InChI is InChI=1S/C16H20FNO3/c1-12(17)15(20)18-14(13-5-3-2-4-6-13)16(11-19)7-9-21-10-8-16/h2-6,14,19H,1,7-11H2,(H,18,20). The molecule has 2 N–H and O–H groups in total. The lowest BCUT2D eigenvalue weighted by Crippen LogP contribution is -2.46. The van der Waals surface area contributed by atoms with Gasteiger partial charge in [0.2, 0.25) is 0 Å². The number of carbonyl (C=O) groups is 1. The van der Waals surface area contributed by atoms with Gasteiger partial charge in [-0.05, 0) is 18.4 Å². The smallest absolute Gasteiger partial charge is 0.279 e. The van der Waals surface area contributed by atoms with Gasteiger partial charge in [0.1, 0.15) is 0 Å². The van der Waals surface area contributed by atoms with E-state index in [4.69, 9.17) is 4.74 Å². The molecule has 1 aromatic rings. The van der Waals surface area contributed by atoms with Crippen molar-refractivity contribution in [2.75, 3.05) is 19.8 Å². The van der Waals surface area contributed by atoms with Gasteiger partial charge in [-0.15, -0.1) is 0 Å². The van der Waals surface area contributed by atoms with E-state index >= 15 is 0 Å². The molecule has 1 atom stereocenters. The molecule has 1 saturated heterocycles. The Morgan fingerprint density at radius 2 is 2.00 bits per heavy atom. The molecule has 1 aliphatic heterocycles. The summed E-state index contributed by atoms with van der Waals surface area (Å²) in [6.07, 6.45) is 1.20. The van der Waals surface area contributed by atoms with Crippen molar-refractivity contribution in [3.8, 4) is 0 Å². The fraction of sp³-hybridized carbons (Fsp3) is 0.438. The van der Waals surface area contributed by atoms with Crippen molar-refractivity contribution in [2.24, 2.45) is 5.41 Å². The van der Waals surface area contributed by atoms with Crippen LogP contribution in [0.15, 0.2) is 42.7 Å². The van der Waals surface area contributed by atoms with Crippen molar-refractivity contribution < 1.29 is 19.0 Å². The molecule has 0 aliphatic carbocycles. The summed E-state index contributed by atoms with van der Waals surface area (Å²) in [5, 5.41) is 12.6. The minimum atomic E-state index is -1.03. The number of halogens is 1. The SMILES string of the molecule is C=C(F)C(=O)NC(c1ccccc1)C1(CO)CCOCC1. The first-order valence-corrected chi connectivity index (χ1v) is 6.98. The van der Waals surface area contributed by atoms with E-state index in [-0.39, 0.29) is 6.61 Å². The number of benzene rings is 1. The summed E-state index contributed by atoms with van der Waals surface area (Å²) in [6.45, 7) is 3.95. The largest absolute Gasteiger partial charge is 0.396 e. The summed E-state index contributed by atoms with van der Waals surface area (Å²) in [4.78, 5) is 11.7. The minimum Gasteiger partial charge on any atom is -0.396 e. The molecule has 1 aromatic carbocycles. The zero-order valence-electron chi connectivity index (χ0n) is 11.8. The minimum absolute atomic E-state index is 0.102. The fourth-order valence-corrected chi connectivity index (χ4v) is 2.76. The van der Waals surface area contributed by atoms with Crippen LogP contribution in [0.3, 0.4) is 0 Å². The normalized spacial score (nSPS) is 18.8. The van der Waals surface area contributed by atoms with E-state index in [1.165, 1.54) is 0 Å². The van der Waals surface area contributed by atoms with Crippen LogP contribution in [-0.2, 0) is 9.53 Å². The molecule has 0 spiro atoms. The summed E-state index contributed by atoms with van der Waals surface area (Å²) >= 11 is 0. The highest BCUT2D eigenvalue weighted by Gasteiger charge is 2.41. The monoisotopic (exact) mass is 293 g/mol. The Morgan fingerprint density at radius 1 is 1.38 bits per heavy atom. The van der Waals surface area contributed by atoms with Crippen molar-refractivity contribution in [1.82, 2.24) is 5.32 Å². The lowest BCUT2D eigenvalue weighted by Gasteiger charge is -2.42. The third-order valence-electron chi connectivity index (χ3n) is 4.07. The molecule has 2 rings (SSSR count). The van der Waals surface area contributed by atoms with Gasteiger partial charge in [-0.2, -0.15) is 0 Å². The lowest BCUT2D eigenvalue weighted by atomic mass is 9.72. The highest BCUT2D eigenvalue weighted by molar-refractivity contribution is 5.90. The molecule has 1 heterocycles. The molecule has 0 aromatic heterocycles. The van der Waals surface area contributed by atoms with Gasteiger partial charge in [-0.3, -0.25) is 4.79 Å². The predicted octanol–water partition coefficient (Wildman–Crippen LogP) is 2.12. The van der Waals surface area contributed by atoms with Crippen LogP contribution in [-0.4, -0.2) is 30.8 Å². The second-order valence-electron chi connectivity index (χ2n) is 5.35. The Morgan fingerprint density at radius 3 is 2.52 bits per heavy atom. The molecule has 1 aliphatic rings. The molecule has 0 saturated carbocycles. The van der Waals surface area contributed by atoms with Crippen molar-refractivity contribution in [3.05, 3.63) is 48.3 Å². The van der Waals surface area contributed by atoms with Crippen LogP contribution < -0.4 is 5.32 Å². The molecule has 0 radical (unpaired) electrons. The van der Waals surface area contributed by atoms with Gasteiger partial charge >= 0.3 is 0 Å². The third-order valence-corrected chi connectivity index (χ3v) is 4.07. The van der Waals surface area contributed by atoms with Crippen LogP contribution in [0.25, 0.3) is 0 Å². The van der Waals surface area contributed by atoms with Gasteiger partial charge < -0.3 is 15.2 Å². The van der Waals surface area contributed by atoms with Crippen LogP contribution in [0.1, 0.15) is 24.4 Å². The van der Waals surface area contributed by atoms with Gasteiger partial charge in [-0.25, -0.2) is 4.39 Å². The molecular formula is C16H20FNO3. The van der Waals surface area contributed by atoms with E-state index in [0.29, 0.717) is 26.1 Å². The maximum atomic E-state index is 13.1. The van der Waals surface area contributed by atoms with Crippen LogP contribution in [0.2, 0.25) is 0 Å². The quantitative estimate of drug-likeness (QED) is 0.818. The Labute approximate surface area is 123 Å². The van der Waals surface area contributed by atoms with E-state index in [1.54, 1.807) is 0 Å². The number of hydrogen-bond acceptors (Lipinski definition) is 3. The predicted molar refractivity (Wildman–Crippen MR) is 77.1 cm³/mol. The number of rotatable bonds is 5. The fourth-order valence-electron chi connectivity index (χ4n) is 2.76. The van der Waals surface area contributed by atoms with Gasteiger partial charge in [0.15, 0.2) is 5.83 Å². The van der Waals surface area contributed by atoms with Crippen LogP contribution in [0, 0.1) is 5.41 Å². The zero-order chi connectivity index (χ0) is 15.3. The summed E-state index contributed by atoms with van der Waals surface area (Å²) < 4.78 is 18.4. The van der Waals surface area contributed by atoms with Gasteiger partial charge in [0, 0.05) is 18.6 Å². The summed E-state index contributed by atoms with van der Waals surface area (Å²) in [5.74, 6) is -1.88. The van der Waals surface area contributed by atoms with E-state index in [0.717, 1.165) is 5.56 Å². The molecule has 0 bridgehead atoms. The second kappa shape index (κ2) is 6.83. The number of nitrogens with one attached hydrogen (secondary N) is 1. The third kappa shape index (κ3) is 3.49. The molecule has 4 nitrogen and oxygen atoms in total. The molecule has 1 unspecified atom stereocenters.